The van der Waals surface area contributed by atoms with Gasteiger partial charge in [0.2, 0.25) is 0 Å². The number of nitro benzene ring substituents is 1. The van der Waals surface area contributed by atoms with Crippen LogP contribution in [0.3, 0.4) is 0 Å². The minimum atomic E-state index is -0.550. The molecule has 1 aliphatic carbocycles. The van der Waals surface area contributed by atoms with Gasteiger partial charge in [-0.05, 0) is 56.4 Å². The third-order valence-corrected chi connectivity index (χ3v) is 6.78. The van der Waals surface area contributed by atoms with Crippen LogP contribution in [0.15, 0.2) is 34.7 Å². The van der Waals surface area contributed by atoms with E-state index in [0.717, 1.165) is 36.1 Å². The Morgan fingerprint density at radius 2 is 2.03 bits per heavy atom. The Morgan fingerprint density at radius 3 is 2.79 bits per heavy atom. The van der Waals surface area contributed by atoms with Gasteiger partial charge in [0, 0.05) is 10.9 Å². The van der Waals surface area contributed by atoms with E-state index in [1.54, 1.807) is 13.0 Å². The number of nitrogens with zero attached hydrogens (tertiary/aromatic N) is 1. The van der Waals surface area contributed by atoms with Crippen LogP contribution in [0.5, 0.6) is 5.75 Å². The van der Waals surface area contributed by atoms with E-state index in [1.165, 1.54) is 35.6 Å². The predicted octanol–water partition coefficient (Wildman–Crippen LogP) is 5.79. The summed E-state index contributed by atoms with van der Waals surface area (Å²) < 4.78 is 16.3. The van der Waals surface area contributed by atoms with Crippen LogP contribution in [0.2, 0.25) is 5.02 Å². The maximum absolute atomic E-state index is 12.8. The Bertz CT molecular complexity index is 1250. The maximum Gasteiger partial charge on any atom is 0.341 e. The first kappa shape index (κ1) is 23.8. The summed E-state index contributed by atoms with van der Waals surface area (Å²) in [6, 6.07) is 6.91. The van der Waals surface area contributed by atoms with E-state index in [1.807, 2.05) is 0 Å². The lowest BCUT2D eigenvalue weighted by atomic mass is 9.95. The largest absolute Gasteiger partial charge is 0.484 e. The zero-order chi connectivity index (χ0) is 24.2. The van der Waals surface area contributed by atoms with E-state index >= 15 is 0 Å². The van der Waals surface area contributed by atoms with Gasteiger partial charge in [0.25, 0.3) is 11.6 Å². The third-order valence-electron chi connectivity index (χ3n) is 5.26. The number of non-ortho nitro benzene ring substituents is 1. The lowest BCUT2D eigenvalue weighted by molar-refractivity contribution is -0.384. The number of carbonyl (C=O) groups is 2. The van der Waals surface area contributed by atoms with Crippen molar-refractivity contribution in [2.75, 3.05) is 11.9 Å². The molecule has 0 spiro atoms. The maximum atomic E-state index is 12.8. The number of thiophene rings is 1. The summed E-state index contributed by atoms with van der Waals surface area (Å²) in [4.78, 5) is 36.9. The molecule has 0 saturated carbocycles. The summed E-state index contributed by atoms with van der Waals surface area (Å²) in [5, 5.41) is 14.4. The van der Waals surface area contributed by atoms with Crippen molar-refractivity contribution in [3.8, 4) is 5.75 Å². The van der Waals surface area contributed by atoms with Crippen molar-refractivity contribution >= 4 is 45.5 Å². The van der Waals surface area contributed by atoms with Gasteiger partial charge in [-0.2, -0.15) is 0 Å². The Kier molecular flexibility index (Phi) is 7.18. The number of fused-ring (bicyclic) bond motifs is 1. The van der Waals surface area contributed by atoms with Gasteiger partial charge in [-0.1, -0.05) is 11.6 Å². The number of esters is 1. The van der Waals surface area contributed by atoms with Crippen molar-refractivity contribution in [2.24, 2.45) is 0 Å². The standard InChI is InChI=1S/C23H21ClN2O7S/c1-2-31-23(28)20-15-5-3-4-6-19(15)34-22(20)25-21(27)17-10-8-14(33-17)12-32-18-11-13(26(29)30)7-9-16(18)24/h7-11H,2-6,12H2,1H3,(H,25,27). The number of hydrogen-bond acceptors (Lipinski definition) is 8. The number of aryl methyl sites for hydroxylation is 1. The van der Waals surface area contributed by atoms with E-state index in [4.69, 9.17) is 25.5 Å². The number of hydrogen-bond donors (Lipinski definition) is 1. The fraction of sp³-hybridized carbons (Fsp3) is 0.304. The highest BCUT2D eigenvalue weighted by molar-refractivity contribution is 7.17. The lowest BCUT2D eigenvalue weighted by Crippen LogP contribution is -2.15. The number of nitro groups is 1. The molecule has 0 fully saturated rings. The molecule has 1 aromatic carbocycles. The molecule has 4 rings (SSSR count). The predicted molar refractivity (Wildman–Crippen MR) is 126 cm³/mol. The van der Waals surface area contributed by atoms with E-state index < -0.39 is 16.8 Å². The molecule has 178 valence electrons. The molecule has 9 nitrogen and oxygen atoms in total. The van der Waals surface area contributed by atoms with Crippen molar-refractivity contribution in [3.05, 3.63) is 73.0 Å². The molecular weight excluding hydrogens is 484 g/mol. The summed E-state index contributed by atoms with van der Waals surface area (Å²) in [5.41, 5.74) is 1.22. The van der Waals surface area contributed by atoms with Gasteiger partial charge in [0.1, 0.15) is 23.1 Å². The van der Waals surface area contributed by atoms with Gasteiger partial charge in [0.15, 0.2) is 5.76 Å². The normalized spacial score (nSPS) is 12.6. The number of rotatable bonds is 8. The monoisotopic (exact) mass is 504 g/mol. The molecule has 0 saturated heterocycles. The summed E-state index contributed by atoms with van der Waals surface area (Å²) in [7, 11) is 0. The zero-order valence-electron chi connectivity index (χ0n) is 18.2. The van der Waals surface area contributed by atoms with E-state index in [9.17, 15) is 19.7 Å². The first-order chi connectivity index (χ1) is 16.4. The molecule has 11 heteroatoms. The van der Waals surface area contributed by atoms with Crippen molar-refractivity contribution in [1.82, 2.24) is 0 Å². The molecule has 2 heterocycles. The first-order valence-corrected chi connectivity index (χ1v) is 11.8. The second kappa shape index (κ2) is 10.3. The highest BCUT2D eigenvalue weighted by Crippen LogP contribution is 2.39. The Balaban J connectivity index is 1.47. The van der Waals surface area contributed by atoms with Gasteiger partial charge < -0.3 is 19.2 Å². The van der Waals surface area contributed by atoms with Crippen molar-refractivity contribution in [2.45, 2.75) is 39.2 Å². The summed E-state index contributed by atoms with van der Waals surface area (Å²) in [6.45, 7) is 1.89. The van der Waals surface area contributed by atoms with Gasteiger partial charge in [-0.25, -0.2) is 4.79 Å². The van der Waals surface area contributed by atoms with E-state index in [2.05, 4.69) is 5.32 Å². The third kappa shape index (κ3) is 5.07. The fourth-order valence-corrected chi connectivity index (χ4v) is 5.13. The van der Waals surface area contributed by atoms with Crippen LogP contribution < -0.4 is 10.1 Å². The van der Waals surface area contributed by atoms with Crippen molar-refractivity contribution in [1.29, 1.82) is 0 Å². The average molecular weight is 505 g/mol. The van der Waals surface area contributed by atoms with Gasteiger partial charge in [0.05, 0.1) is 28.2 Å². The van der Waals surface area contributed by atoms with Crippen LogP contribution in [0, 0.1) is 10.1 Å². The SMILES string of the molecule is CCOC(=O)c1c(NC(=O)c2ccc(COc3cc([N+](=O)[O-])ccc3Cl)o2)sc2c1CCCC2. The van der Waals surface area contributed by atoms with Crippen LogP contribution in [0.25, 0.3) is 0 Å². The zero-order valence-corrected chi connectivity index (χ0v) is 19.8. The smallest absolute Gasteiger partial charge is 0.341 e. The summed E-state index contributed by atoms with van der Waals surface area (Å²) >= 11 is 7.43. The molecule has 0 unspecified atom stereocenters. The number of anilines is 1. The number of halogens is 1. The molecule has 0 atom stereocenters. The molecule has 1 amide bonds. The van der Waals surface area contributed by atoms with Gasteiger partial charge >= 0.3 is 5.97 Å². The number of ether oxygens (including phenoxy) is 2. The number of carbonyl (C=O) groups excluding carboxylic acids is 2. The first-order valence-electron chi connectivity index (χ1n) is 10.7. The molecular formula is C23H21ClN2O7S. The molecule has 3 aromatic rings. The number of nitrogens with one attached hydrogen (secondary N) is 1. The summed E-state index contributed by atoms with van der Waals surface area (Å²) in [6.07, 6.45) is 3.67. The number of amides is 1. The molecule has 1 N–H and O–H groups in total. The van der Waals surface area contributed by atoms with Crippen LogP contribution in [-0.2, 0) is 24.2 Å². The van der Waals surface area contributed by atoms with Gasteiger partial charge in [-0.15, -0.1) is 11.3 Å². The van der Waals surface area contributed by atoms with Crippen LogP contribution >= 0.6 is 22.9 Å². The highest BCUT2D eigenvalue weighted by atomic mass is 35.5. The quantitative estimate of drug-likeness (QED) is 0.234. The van der Waals surface area contributed by atoms with Crippen LogP contribution in [0.4, 0.5) is 10.7 Å². The minimum Gasteiger partial charge on any atom is -0.484 e. The van der Waals surface area contributed by atoms with Gasteiger partial charge in [-0.3, -0.25) is 14.9 Å². The van der Waals surface area contributed by atoms with E-state index in [0.29, 0.717) is 16.3 Å². The van der Waals surface area contributed by atoms with Crippen molar-refractivity contribution in [3.63, 3.8) is 0 Å². The van der Waals surface area contributed by atoms with Crippen LogP contribution in [-0.4, -0.2) is 23.4 Å². The highest BCUT2D eigenvalue weighted by Gasteiger charge is 2.28. The van der Waals surface area contributed by atoms with Crippen molar-refractivity contribution < 1.29 is 28.4 Å². The minimum absolute atomic E-state index is 0.0323. The molecule has 0 aliphatic heterocycles. The molecule has 0 bridgehead atoms. The van der Waals surface area contributed by atoms with Crippen LogP contribution in [0.1, 0.15) is 56.9 Å². The number of benzene rings is 1. The summed E-state index contributed by atoms with van der Waals surface area (Å²) in [5.74, 6) is -0.474. The molecule has 0 radical (unpaired) electrons. The fourth-order valence-electron chi connectivity index (χ4n) is 3.68. The molecule has 34 heavy (non-hydrogen) atoms. The Labute approximate surface area is 203 Å². The second-order valence-corrected chi connectivity index (χ2v) is 9.03. The second-order valence-electron chi connectivity index (χ2n) is 7.52. The Hall–Kier alpha value is -3.37. The topological polar surface area (TPSA) is 121 Å². The average Bonchev–Trinajstić information content (AvgIpc) is 3.43. The van der Waals surface area contributed by atoms with E-state index in [-0.39, 0.29) is 35.4 Å². The molecule has 2 aromatic heterocycles. The molecule has 1 aliphatic rings. The Morgan fingerprint density at radius 1 is 1.24 bits per heavy atom. The number of furan rings is 1. The lowest BCUT2D eigenvalue weighted by Gasteiger charge is -2.12.